The smallest absolute Gasteiger partial charge is 0.0461 e. The maximum atomic E-state index is 2.43. The summed E-state index contributed by atoms with van der Waals surface area (Å²) in [4.78, 5) is 4.79. The zero-order valence-corrected chi connectivity index (χ0v) is 30.4. The van der Waals surface area contributed by atoms with Crippen molar-refractivity contribution in [2.75, 3.05) is 9.80 Å². The summed E-state index contributed by atoms with van der Waals surface area (Å²) in [5.74, 6) is 3.36. The largest absolute Gasteiger partial charge is 0.311 e. The molecule has 0 N–H and O–H groups in total. The highest BCUT2D eigenvalue weighted by molar-refractivity contribution is 5.78. The summed E-state index contributed by atoms with van der Waals surface area (Å²) < 4.78 is 0. The summed E-state index contributed by atoms with van der Waals surface area (Å²) in [5.41, 5.74) is 11.5. The molecular weight excluding hydrogens is 629 g/mol. The van der Waals surface area contributed by atoms with Crippen molar-refractivity contribution in [3.63, 3.8) is 0 Å². The van der Waals surface area contributed by atoms with E-state index < -0.39 is 0 Å². The van der Waals surface area contributed by atoms with Crippen LogP contribution in [0.25, 0.3) is 0 Å². The number of fused-ring (bicyclic) bond motifs is 2. The highest BCUT2D eigenvalue weighted by Crippen LogP contribution is 2.53. The number of hydrogen-bond donors (Lipinski definition) is 0. The van der Waals surface area contributed by atoms with Crippen LogP contribution in [0.1, 0.15) is 80.9 Å². The second-order valence-corrected chi connectivity index (χ2v) is 15.9. The van der Waals surface area contributed by atoms with E-state index in [1.54, 1.807) is 0 Å². The number of rotatable bonds is 9. The maximum Gasteiger partial charge on any atom is 0.0461 e. The van der Waals surface area contributed by atoms with Crippen LogP contribution in [-0.4, -0.2) is 0 Å². The van der Waals surface area contributed by atoms with Crippen molar-refractivity contribution in [3.8, 4) is 0 Å². The highest BCUT2D eigenvalue weighted by Gasteiger charge is 2.40. The van der Waals surface area contributed by atoms with Crippen molar-refractivity contribution in [1.82, 2.24) is 0 Å². The second kappa shape index (κ2) is 14.2. The topological polar surface area (TPSA) is 6.48 Å². The number of para-hydroxylation sites is 3. The quantitative estimate of drug-likeness (QED) is 0.150. The molecule has 3 aliphatic rings. The van der Waals surface area contributed by atoms with Crippen LogP contribution in [-0.2, 0) is 5.41 Å². The minimum atomic E-state index is -0.00617. The fourth-order valence-electron chi connectivity index (χ4n) is 10.0. The van der Waals surface area contributed by atoms with Crippen molar-refractivity contribution < 1.29 is 0 Å². The Hall–Kier alpha value is -5.08. The van der Waals surface area contributed by atoms with E-state index >= 15 is 0 Å². The third kappa shape index (κ3) is 6.23. The van der Waals surface area contributed by atoms with Gasteiger partial charge in [-0.05, 0) is 158 Å². The minimum absolute atomic E-state index is 0.00617. The summed E-state index contributed by atoms with van der Waals surface area (Å²) in [6, 6.07) is 61.0. The Kier molecular flexibility index (Phi) is 8.93. The van der Waals surface area contributed by atoms with Gasteiger partial charge in [-0.15, -0.1) is 0 Å². The second-order valence-electron chi connectivity index (χ2n) is 15.9. The average Bonchev–Trinajstić information content (AvgIpc) is 3.86. The average molecular weight is 679 g/mol. The third-order valence-corrected chi connectivity index (χ3v) is 12.8. The lowest BCUT2D eigenvalue weighted by Gasteiger charge is -2.41. The molecule has 0 saturated heterocycles. The molecule has 0 heterocycles. The number of nitrogens with zero attached hydrogens (tertiary/aromatic N) is 2. The molecule has 6 aromatic carbocycles. The Balaban J connectivity index is 1.04. The number of anilines is 6. The van der Waals surface area contributed by atoms with Crippen LogP contribution in [0.4, 0.5) is 34.1 Å². The van der Waals surface area contributed by atoms with Crippen LogP contribution in [0.2, 0.25) is 0 Å². The van der Waals surface area contributed by atoms with Crippen LogP contribution in [0, 0.1) is 17.8 Å². The van der Waals surface area contributed by atoms with Crippen molar-refractivity contribution in [3.05, 3.63) is 180 Å². The van der Waals surface area contributed by atoms with E-state index in [-0.39, 0.29) is 5.41 Å². The van der Waals surface area contributed by atoms with E-state index in [0.717, 1.165) is 23.7 Å². The van der Waals surface area contributed by atoms with Crippen molar-refractivity contribution in [1.29, 1.82) is 0 Å². The van der Waals surface area contributed by atoms with Crippen molar-refractivity contribution >= 4 is 34.1 Å². The first-order chi connectivity index (χ1) is 25.6. The van der Waals surface area contributed by atoms with Crippen molar-refractivity contribution in [2.45, 2.75) is 69.6 Å². The first-order valence-corrected chi connectivity index (χ1v) is 19.7. The molecule has 0 radical (unpaired) electrons. The third-order valence-electron chi connectivity index (χ3n) is 12.8. The summed E-state index contributed by atoms with van der Waals surface area (Å²) >= 11 is 0. The van der Waals surface area contributed by atoms with E-state index in [1.165, 1.54) is 102 Å². The lowest BCUT2D eigenvalue weighted by molar-refractivity contribution is 0.280. The molecule has 0 amide bonds. The van der Waals surface area contributed by atoms with Gasteiger partial charge in [-0.25, -0.2) is 0 Å². The zero-order valence-electron chi connectivity index (χ0n) is 30.4. The Bertz CT molecular complexity index is 2010. The van der Waals surface area contributed by atoms with Gasteiger partial charge in [-0.3, -0.25) is 0 Å². The predicted octanol–water partition coefficient (Wildman–Crippen LogP) is 14.0. The normalized spacial score (nSPS) is 23.7. The Labute approximate surface area is 310 Å². The van der Waals surface area contributed by atoms with E-state index in [9.17, 15) is 0 Å². The van der Waals surface area contributed by atoms with Crippen molar-refractivity contribution in [2.24, 2.45) is 17.8 Å². The van der Waals surface area contributed by atoms with E-state index in [0.29, 0.717) is 0 Å². The monoisotopic (exact) mass is 678 g/mol. The first kappa shape index (κ1) is 32.8. The number of hydrogen-bond acceptors (Lipinski definition) is 2. The first-order valence-electron chi connectivity index (χ1n) is 19.7. The van der Waals surface area contributed by atoms with Gasteiger partial charge in [0, 0.05) is 39.5 Å². The van der Waals surface area contributed by atoms with Gasteiger partial charge < -0.3 is 9.80 Å². The molecule has 0 spiro atoms. The molecule has 2 heteroatoms. The molecule has 3 fully saturated rings. The van der Waals surface area contributed by atoms with Gasteiger partial charge in [0.05, 0.1) is 0 Å². The Morgan fingerprint density at radius 3 is 1.21 bits per heavy atom. The fourth-order valence-corrected chi connectivity index (χ4v) is 10.0. The predicted molar refractivity (Wildman–Crippen MR) is 219 cm³/mol. The molecule has 6 aromatic rings. The summed E-state index contributed by atoms with van der Waals surface area (Å²) in [6.45, 7) is 2.42. The molecule has 3 saturated carbocycles. The van der Waals surface area contributed by atoms with Gasteiger partial charge in [0.2, 0.25) is 0 Å². The Morgan fingerprint density at radius 1 is 0.423 bits per heavy atom. The van der Waals surface area contributed by atoms with Gasteiger partial charge in [0.1, 0.15) is 0 Å². The SMILES string of the molecule is CC1CCC(c2ccc(N(c3ccccc3)c3ccccc3)cc2)(c2ccc(N(c3ccccc3)c3ccc(C4CC5CCC4C5)cc3)cc2)CC1. The van der Waals surface area contributed by atoms with Gasteiger partial charge in [0.15, 0.2) is 0 Å². The van der Waals surface area contributed by atoms with Gasteiger partial charge in [-0.2, -0.15) is 0 Å². The molecule has 2 nitrogen and oxygen atoms in total. The molecular formula is C50H50N2. The zero-order chi connectivity index (χ0) is 34.9. The molecule has 9 rings (SSSR count). The molecule has 260 valence electrons. The molecule has 3 atom stereocenters. The molecule has 52 heavy (non-hydrogen) atoms. The van der Waals surface area contributed by atoms with E-state index in [2.05, 4.69) is 181 Å². The molecule has 0 aromatic heterocycles. The molecule has 2 bridgehead atoms. The lowest BCUT2D eigenvalue weighted by atomic mass is 9.63. The van der Waals surface area contributed by atoms with Crippen LogP contribution in [0.15, 0.2) is 164 Å². The van der Waals surface area contributed by atoms with Crippen LogP contribution in [0.5, 0.6) is 0 Å². The standard InChI is InChI=1S/C50H50N2/c1-37-31-33-50(34-32-37,41-21-27-47(28-22-41)51(43-11-5-2-6-12-43)44-13-7-3-8-14-44)42-23-29-48(30-24-42)52(45-15-9-4-10-16-45)46-25-19-39(20-26-46)49-36-38-17-18-40(49)35-38/h2-16,19-30,37-38,40,49H,17-18,31-36H2,1H3. The minimum Gasteiger partial charge on any atom is -0.311 e. The van der Waals surface area contributed by atoms with Crippen LogP contribution < -0.4 is 9.80 Å². The maximum absolute atomic E-state index is 2.43. The summed E-state index contributed by atoms with van der Waals surface area (Å²) in [5, 5.41) is 0. The Morgan fingerprint density at radius 2 is 0.827 bits per heavy atom. The molecule has 0 aliphatic heterocycles. The van der Waals surface area contributed by atoms with Gasteiger partial charge >= 0.3 is 0 Å². The fraction of sp³-hybridized carbons (Fsp3) is 0.280. The molecule has 3 unspecified atom stereocenters. The lowest BCUT2D eigenvalue weighted by Crippen LogP contribution is -2.32. The highest BCUT2D eigenvalue weighted by atomic mass is 15.1. The van der Waals surface area contributed by atoms with E-state index in [1.807, 2.05) is 0 Å². The number of benzene rings is 6. The molecule has 3 aliphatic carbocycles. The summed E-state index contributed by atoms with van der Waals surface area (Å²) in [6.07, 6.45) is 10.5. The van der Waals surface area contributed by atoms with Gasteiger partial charge in [0.25, 0.3) is 0 Å². The van der Waals surface area contributed by atoms with Crippen LogP contribution >= 0.6 is 0 Å². The van der Waals surface area contributed by atoms with E-state index in [4.69, 9.17) is 0 Å². The summed E-state index contributed by atoms with van der Waals surface area (Å²) in [7, 11) is 0. The van der Waals surface area contributed by atoms with Crippen LogP contribution in [0.3, 0.4) is 0 Å². The van der Waals surface area contributed by atoms with Gasteiger partial charge in [-0.1, -0.05) is 104 Å².